The van der Waals surface area contributed by atoms with E-state index >= 15 is 0 Å². The second-order valence-corrected chi connectivity index (χ2v) is 5.88. The number of benzene rings is 2. The summed E-state index contributed by atoms with van der Waals surface area (Å²) in [5.41, 5.74) is 4.44. The van der Waals surface area contributed by atoms with Crippen molar-refractivity contribution in [3.05, 3.63) is 71.3 Å². The van der Waals surface area contributed by atoms with Crippen molar-refractivity contribution in [1.82, 2.24) is 5.32 Å². The van der Waals surface area contributed by atoms with Gasteiger partial charge in [0.2, 0.25) is 0 Å². The topological polar surface area (TPSA) is 12.0 Å². The second kappa shape index (κ2) is 7.42. The molecule has 21 heavy (non-hydrogen) atoms. The third kappa shape index (κ3) is 3.74. The van der Waals surface area contributed by atoms with E-state index in [1.54, 1.807) is 0 Å². The Hall–Kier alpha value is -1.60. The largest absolute Gasteiger partial charge is 0.319 e. The van der Waals surface area contributed by atoms with Gasteiger partial charge in [-0.25, -0.2) is 0 Å². The normalized spacial score (nSPS) is 13.9. The first kappa shape index (κ1) is 15.8. The lowest BCUT2D eigenvalue weighted by atomic mass is 9.73. The van der Waals surface area contributed by atoms with E-state index in [0.29, 0.717) is 0 Å². The Balaban J connectivity index is 2.31. The smallest absolute Gasteiger partial charge is 0.0115 e. The first-order chi connectivity index (χ1) is 10.2. The maximum atomic E-state index is 3.40. The van der Waals surface area contributed by atoms with Gasteiger partial charge in [0.05, 0.1) is 0 Å². The van der Waals surface area contributed by atoms with Crippen LogP contribution >= 0.6 is 0 Å². The van der Waals surface area contributed by atoms with Crippen LogP contribution in [0.1, 0.15) is 37.0 Å². The van der Waals surface area contributed by atoms with Crippen LogP contribution in [0.2, 0.25) is 0 Å². The lowest BCUT2D eigenvalue weighted by Crippen LogP contribution is -2.38. The number of nitrogens with one attached hydrogen (secondary N) is 1. The fraction of sp³-hybridized carbons (Fsp3) is 0.400. The Labute approximate surface area is 129 Å². The Morgan fingerprint density at radius 1 is 0.857 bits per heavy atom. The zero-order chi connectivity index (χ0) is 15.1. The summed E-state index contributed by atoms with van der Waals surface area (Å²) >= 11 is 0. The minimum atomic E-state index is 0.170. The molecule has 0 aliphatic rings. The molecule has 1 N–H and O–H groups in total. The Morgan fingerprint density at radius 2 is 1.48 bits per heavy atom. The predicted molar refractivity (Wildman–Crippen MR) is 91.9 cm³/mol. The van der Waals surface area contributed by atoms with Crippen LogP contribution in [0.4, 0.5) is 0 Å². The number of hydrogen-bond acceptors (Lipinski definition) is 1. The molecule has 1 nitrogen and oxygen atoms in total. The average molecular weight is 281 g/mol. The zero-order valence-electron chi connectivity index (χ0n) is 13.5. The SMILES string of the molecule is CCc1ccc(CC(CC)(CNC)c2ccccc2)cc1. The molecule has 0 saturated heterocycles. The standard InChI is InChI=1S/C20H27N/c1-4-17-11-13-18(14-12-17)15-20(5-2,16-21-3)19-9-7-6-8-10-19/h6-14,21H,4-5,15-16H2,1-3H3. The summed E-state index contributed by atoms with van der Waals surface area (Å²) in [6.45, 7) is 5.50. The third-order valence-electron chi connectivity index (χ3n) is 4.55. The van der Waals surface area contributed by atoms with Crippen molar-refractivity contribution in [2.45, 2.75) is 38.5 Å². The van der Waals surface area contributed by atoms with Crippen LogP contribution in [-0.2, 0) is 18.3 Å². The van der Waals surface area contributed by atoms with Gasteiger partial charge in [0.1, 0.15) is 0 Å². The van der Waals surface area contributed by atoms with Crippen molar-refractivity contribution >= 4 is 0 Å². The Bertz CT molecular complexity index is 530. The van der Waals surface area contributed by atoms with E-state index in [0.717, 1.165) is 25.8 Å². The zero-order valence-corrected chi connectivity index (χ0v) is 13.5. The molecule has 2 aromatic rings. The maximum absolute atomic E-state index is 3.40. The van der Waals surface area contributed by atoms with Gasteiger partial charge in [-0.3, -0.25) is 0 Å². The first-order valence-electron chi connectivity index (χ1n) is 8.02. The van der Waals surface area contributed by atoms with Gasteiger partial charge >= 0.3 is 0 Å². The van der Waals surface area contributed by atoms with Crippen molar-refractivity contribution < 1.29 is 0 Å². The molecule has 0 aromatic heterocycles. The molecule has 1 atom stereocenters. The third-order valence-corrected chi connectivity index (χ3v) is 4.55. The van der Waals surface area contributed by atoms with E-state index in [1.165, 1.54) is 16.7 Å². The molecule has 2 aromatic carbocycles. The van der Waals surface area contributed by atoms with Gasteiger partial charge in [-0.15, -0.1) is 0 Å². The fourth-order valence-electron chi connectivity index (χ4n) is 3.13. The molecule has 1 unspecified atom stereocenters. The van der Waals surface area contributed by atoms with Crippen LogP contribution in [0.3, 0.4) is 0 Å². The molecule has 0 aliphatic carbocycles. The molecule has 0 amide bonds. The van der Waals surface area contributed by atoms with E-state index in [4.69, 9.17) is 0 Å². The molecule has 0 radical (unpaired) electrons. The summed E-state index contributed by atoms with van der Waals surface area (Å²) in [5.74, 6) is 0. The minimum Gasteiger partial charge on any atom is -0.319 e. The number of rotatable bonds is 7. The van der Waals surface area contributed by atoms with Crippen molar-refractivity contribution in [3.8, 4) is 0 Å². The van der Waals surface area contributed by atoms with Crippen LogP contribution in [0.5, 0.6) is 0 Å². The van der Waals surface area contributed by atoms with Gasteiger partial charge in [0.25, 0.3) is 0 Å². The molecular weight excluding hydrogens is 254 g/mol. The highest BCUT2D eigenvalue weighted by Gasteiger charge is 2.29. The Morgan fingerprint density at radius 3 is 2.00 bits per heavy atom. The maximum Gasteiger partial charge on any atom is 0.0115 e. The highest BCUT2D eigenvalue weighted by atomic mass is 14.8. The van der Waals surface area contributed by atoms with Crippen molar-refractivity contribution in [3.63, 3.8) is 0 Å². The average Bonchev–Trinajstić information content (AvgIpc) is 2.56. The van der Waals surface area contributed by atoms with Gasteiger partial charge in [-0.2, -0.15) is 0 Å². The minimum absolute atomic E-state index is 0.170. The van der Waals surface area contributed by atoms with Gasteiger partial charge in [0, 0.05) is 12.0 Å². The number of hydrogen-bond donors (Lipinski definition) is 1. The quantitative estimate of drug-likeness (QED) is 0.795. The number of aryl methyl sites for hydroxylation is 1. The summed E-state index contributed by atoms with van der Waals surface area (Å²) < 4.78 is 0. The molecule has 0 fully saturated rings. The van der Waals surface area contributed by atoms with Crippen LogP contribution in [0.25, 0.3) is 0 Å². The van der Waals surface area contributed by atoms with Gasteiger partial charge in [-0.1, -0.05) is 68.4 Å². The van der Waals surface area contributed by atoms with Crippen LogP contribution in [0.15, 0.2) is 54.6 Å². The molecule has 0 aliphatic heterocycles. The molecular formula is C20H27N. The summed E-state index contributed by atoms with van der Waals surface area (Å²) in [5, 5.41) is 3.40. The monoisotopic (exact) mass is 281 g/mol. The molecule has 1 heteroatoms. The van der Waals surface area contributed by atoms with E-state index in [2.05, 4.69) is 73.8 Å². The van der Waals surface area contributed by atoms with E-state index in [1.807, 2.05) is 7.05 Å². The fourth-order valence-corrected chi connectivity index (χ4v) is 3.13. The molecule has 112 valence electrons. The lowest BCUT2D eigenvalue weighted by Gasteiger charge is -2.34. The predicted octanol–water partition coefficient (Wildman–Crippen LogP) is 4.36. The van der Waals surface area contributed by atoms with Gasteiger partial charge in [-0.05, 0) is 43.0 Å². The van der Waals surface area contributed by atoms with Gasteiger partial charge < -0.3 is 5.32 Å². The van der Waals surface area contributed by atoms with Crippen LogP contribution in [0, 0.1) is 0 Å². The van der Waals surface area contributed by atoms with E-state index in [9.17, 15) is 0 Å². The molecule has 0 spiro atoms. The summed E-state index contributed by atoms with van der Waals surface area (Å²) in [7, 11) is 2.05. The first-order valence-corrected chi connectivity index (χ1v) is 8.02. The summed E-state index contributed by atoms with van der Waals surface area (Å²) in [4.78, 5) is 0. The lowest BCUT2D eigenvalue weighted by molar-refractivity contribution is 0.391. The molecule has 0 bridgehead atoms. The van der Waals surface area contributed by atoms with E-state index in [-0.39, 0.29) is 5.41 Å². The van der Waals surface area contributed by atoms with Crippen molar-refractivity contribution in [2.24, 2.45) is 0 Å². The molecule has 0 heterocycles. The molecule has 2 rings (SSSR count). The summed E-state index contributed by atoms with van der Waals surface area (Å²) in [6, 6.07) is 20.0. The molecule has 0 saturated carbocycles. The van der Waals surface area contributed by atoms with Crippen LogP contribution < -0.4 is 5.32 Å². The number of likely N-dealkylation sites (N-methyl/N-ethyl adjacent to an activating group) is 1. The van der Waals surface area contributed by atoms with E-state index < -0.39 is 0 Å². The van der Waals surface area contributed by atoms with Crippen molar-refractivity contribution in [1.29, 1.82) is 0 Å². The highest BCUT2D eigenvalue weighted by molar-refractivity contribution is 5.31. The second-order valence-electron chi connectivity index (χ2n) is 5.88. The van der Waals surface area contributed by atoms with Crippen LogP contribution in [-0.4, -0.2) is 13.6 Å². The Kier molecular flexibility index (Phi) is 5.58. The van der Waals surface area contributed by atoms with Crippen molar-refractivity contribution in [2.75, 3.05) is 13.6 Å². The van der Waals surface area contributed by atoms with Gasteiger partial charge in [0.15, 0.2) is 0 Å². The highest BCUT2D eigenvalue weighted by Crippen LogP contribution is 2.31. The summed E-state index contributed by atoms with van der Waals surface area (Å²) in [6.07, 6.45) is 3.32.